The third-order valence-electron chi connectivity index (χ3n) is 3.25. The standard InChI is InChI=1S/C19H23NO6S/c1-19(2,3)25-18(21)20(16-12-10-15(11-13-16)14-24-4)26-27(22,23)17-8-6-5-7-9-17/h5-13H,14H2,1-4H3. The highest BCUT2D eigenvalue weighted by Crippen LogP contribution is 2.23. The van der Waals surface area contributed by atoms with Gasteiger partial charge in [-0.25, -0.2) is 4.79 Å². The Balaban J connectivity index is 2.36. The van der Waals surface area contributed by atoms with Gasteiger partial charge in [-0.15, -0.1) is 9.35 Å². The maximum atomic E-state index is 12.6. The molecule has 0 aliphatic carbocycles. The Morgan fingerprint density at radius 1 is 1.00 bits per heavy atom. The van der Waals surface area contributed by atoms with Crippen LogP contribution in [0.3, 0.4) is 0 Å². The lowest BCUT2D eigenvalue weighted by Crippen LogP contribution is -2.38. The SMILES string of the molecule is COCc1ccc(N(OS(=O)(=O)c2ccccc2)C(=O)OC(C)(C)C)cc1. The molecule has 0 spiro atoms. The van der Waals surface area contributed by atoms with Gasteiger partial charge in [0.15, 0.2) is 0 Å². The van der Waals surface area contributed by atoms with Crippen LogP contribution >= 0.6 is 0 Å². The zero-order valence-corrected chi connectivity index (χ0v) is 16.5. The van der Waals surface area contributed by atoms with Gasteiger partial charge < -0.3 is 9.47 Å². The average Bonchev–Trinajstić information content (AvgIpc) is 2.60. The molecule has 1 amide bonds. The highest BCUT2D eigenvalue weighted by atomic mass is 32.2. The van der Waals surface area contributed by atoms with E-state index in [2.05, 4.69) is 0 Å². The molecule has 0 saturated heterocycles. The molecule has 0 saturated carbocycles. The number of nitrogens with zero attached hydrogens (tertiary/aromatic N) is 1. The molecular weight excluding hydrogens is 370 g/mol. The molecule has 0 heterocycles. The first-order valence-corrected chi connectivity index (χ1v) is 9.64. The molecule has 0 aromatic heterocycles. The van der Waals surface area contributed by atoms with Crippen molar-refractivity contribution in [1.29, 1.82) is 0 Å². The first kappa shape index (κ1) is 20.9. The van der Waals surface area contributed by atoms with E-state index in [9.17, 15) is 13.2 Å². The van der Waals surface area contributed by atoms with Crippen LogP contribution in [0.5, 0.6) is 0 Å². The number of benzene rings is 2. The summed E-state index contributed by atoms with van der Waals surface area (Å²) in [5.41, 5.74) is 0.241. The predicted octanol–water partition coefficient (Wildman–Crippen LogP) is 3.90. The number of rotatable bonds is 6. The average molecular weight is 393 g/mol. The Hall–Kier alpha value is -2.42. The van der Waals surface area contributed by atoms with Crippen molar-refractivity contribution in [2.45, 2.75) is 37.9 Å². The quantitative estimate of drug-likeness (QED) is 0.693. The number of methoxy groups -OCH3 is 1. The number of hydroxylamine groups is 1. The first-order valence-electron chi connectivity index (χ1n) is 8.23. The van der Waals surface area contributed by atoms with E-state index < -0.39 is 21.8 Å². The number of carbonyl (C=O) groups is 1. The van der Waals surface area contributed by atoms with Crippen LogP contribution in [0.15, 0.2) is 59.5 Å². The van der Waals surface area contributed by atoms with Crippen molar-refractivity contribution in [2.75, 3.05) is 12.2 Å². The van der Waals surface area contributed by atoms with Crippen LogP contribution in [0.25, 0.3) is 0 Å². The zero-order valence-electron chi connectivity index (χ0n) is 15.7. The van der Waals surface area contributed by atoms with Crippen molar-refractivity contribution in [3.8, 4) is 0 Å². The maximum Gasteiger partial charge on any atom is 0.440 e. The molecule has 2 aromatic rings. The molecule has 7 nitrogen and oxygen atoms in total. The molecule has 146 valence electrons. The van der Waals surface area contributed by atoms with Crippen molar-refractivity contribution in [2.24, 2.45) is 0 Å². The third kappa shape index (κ3) is 6.06. The molecule has 27 heavy (non-hydrogen) atoms. The maximum absolute atomic E-state index is 12.6. The summed E-state index contributed by atoms with van der Waals surface area (Å²) in [5.74, 6) is 0. The van der Waals surface area contributed by atoms with Crippen molar-refractivity contribution in [3.63, 3.8) is 0 Å². The second-order valence-corrected chi connectivity index (χ2v) is 8.24. The molecule has 2 rings (SSSR count). The molecule has 0 aliphatic rings. The lowest BCUT2D eigenvalue weighted by molar-refractivity contribution is 0.0444. The van der Waals surface area contributed by atoms with Crippen LogP contribution < -0.4 is 5.06 Å². The van der Waals surface area contributed by atoms with Crippen LogP contribution in [-0.2, 0) is 30.5 Å². The summed E-state index contributed by atoms with van der Waals surface area (Å²) in [6, 6.07) is 14.1. The van der Waals surface area contributed by atoms with E-state index in [0.717, 1.165) is 5.56 Å². The summed E-state index contributed by atoms with van der Waals surface area (Å²) in [4.78, 5) is 12.5. The van der Waals surface area contributed by atoms with E-state index in [1.807, 2.05) is 0 Å². The highest BCUT2D eigenvalue weighted by Gasteiger charge is 2.30. The van der Waals surface area contributed by atoms with Crippen LogP contribution in [0.1, 0.15) is 26.3 Å². The number of amides is 1. The fourth-order valence-electron chi connectivity index (χ4n) is 2.10. The Kier molecular flexibility index (Phi) is 6.59. The van der Waals surface area contributed by atoms with Gasteiger partial charge in [-0.3, -0.25) is 0 Å². The summed E-state index contributed by atoms with van der Waals surface area (Å²) in [6.07, 6.45) is -0.943. The molecule has 0 unspecified atom stereocenters. The smallest absolute Gasteiger partial charge is 0.440 e. The highest BCUT2D eigenvalue weighted by molar-refractivity contribution is 7.86. The van der Waals surface area contributed by atoms with Crippen molar-refractivity contribution in [3.05, 3.63) is 60.2 Å². The van der Waals surface area contributed by atoms with Crippen LogP contribution in [0.4, 0.5) is 10.5 Å². The summed E-state index contributed by atoms with van der Waals surface area (Å²) in [7, 11) is -2.66. The van der Waals surface area contributed by atoms with Crippen LogP contribution in [-0.4, -0.2) is 27.2 Å². The van der Waals surface area contributed by atoms with Gasteiger partial charge >= 0.3 is 16.2 Å². The lowest BCUT2D eigenvalue weighted by Gasteiger charge is -2.26. The van der Waals surface area contributed by atoms with Gasteiger partial charge in [-0.1, -0.05) is 30.3 Å². The molecule has 0 fully saturated rings. The molecule has 0 N–H and O–H groups in total. The Labute approximate surface area is 159 Å². The number of hydrogen-bond acceptors (Lipinski definition) is 6. The van der Waals surface area contributed by atoms with Gasteiger partial charge in [-0.2, -0.15) is 8.42 Å². The molecule has 0 atom stereocenters. The minimum absolute atomic E-state index is 0.0745. The fraction of sp³-hybridized carbons (Fsp3) is 0.316. The first-order chi connectivity index (χ1) is 12.6. The fourth-order valence-corrected chi connectivity index (χ4v) is 3.02. The monoisotopic (exact) mass is 393 g/mol. The van der Waals surface area contributed by atoms with E-state index >= 15 is 0 Å². The zero-order chi connectivity index (χ0) is 20.1. The largest absolute Gasteiger partial charge is 0.442 e. The van der Waals surface area contributed by atoms with Gasteiger partial charge in [0.1, 0.15) is 5.60 Å². The van der Waals surface area contributed by atoms with Crippen LogP contribution in [0.2, 0.25) is 0 Å². The number of hydrogen-bond donors (Lipinski definition) is 0. The Bertz CT molecular complexity index is 857. The molecular formula is C19H23NO6S. The van der Waals surface area contributed by atoms with E-state index in [-0.39, 0.29) is 10.6 Å². The normalized spacial score (nSPS) is 11.9. The second kappa shape index (κ2) is 8.51. The van der Waals surface area contributed by atoms with Crippen molar-refractivity contribution < 1.29 is 27.0 Å². The Morgan fingerprint density at radius 3 is 2.11 bits per heavy atom. The van der Waals surface area contributed by atoms with Crippen LogP contribution in [0, 0.1) is 0 Å². The Morgan fingerprint density at radius 2 is 1.59 bits per heavy atom. The van der Waals surface area contributed by atoms with E-state index in [4.69, 9.17) is 13.8 Å². The summed E-state index contributed by atoms with van der Waals surface area (Å²) < 4.78 is 40.6. The van der Waals surface area contributed by atoms with E-state index in [0.29, 0.717) is 11.7 Å². The van der Waals surface area contributed by atoms with Gasteiger partial charge in [0, 0.05) is 7.11 Å². The van der Waals surface area contributed by atoms with E-state index in [1.54, 1.807) is 70.3 Å². The molecule has 0 bridgehead atoms. The molecule has 8 heteroatoms. The summed E-state index contributed by atoms with van der Waals surface area (Å²) >= 11 is 0. The van der Waals surface area contributed by atoms with Gasteiger partial charge in [-0.05, 0) is 50.6 Å². The summed E-state index contributed by atoms with van der Waals surface area (Å²) in [6.45, 7) is 5.42. The minimum atomic E-state index is -4.23. The van der Waals surface area contributed by atoms with Gasteiger partial charge in [0.25, 0.3) is 0 Å². The third-order valence-corrected chi connectivity index (χ3v) is 4.44. The lowest BCUT2D eigenvalue weighted by atomic mass is 10.2. The van der Waals surface area contributed by atoms with E-state index in [1.165, 1.54) is 12.1 Å². The van der Waals surface area contributed by atoms with Gasteiger partial charge in [0.2, 0.25) is 0 Å². The molecule has 0 aliphatic heterocycles. The number of carbonyl (C=O) groups excluding carboxylic acids is 1. The predicted molar refractivity (Wildman–Crippen MR) is 101 cm³/mol. The summed E-state index contributed by atoms with van der Waals surface area (Å²) in [5, 5.41) is 0.629. The van der Waals surface area contributed by atoms with Gasteiger partial charge in [0.05, 0.1) is 17.2 Å². The second-order valence-electron chi connectivity index (χ2n) is 6.72. The van der Waals surface area contributed by atoms with Crippen molar-refractivity contribution >= 4 is 21.9 Å². The number of ether oxygens (including phenoxy) is 2. The molecule has 2 aromatic carbocycles. The topological polar surface area (TPSA) is 82.1 Å². The number of anilines is 1. The van der Waals surface area contributed by atoms with Crippen molar-refractivity contribution in [1.82, 2.24) is 0 Å². The molecule has 0 radical (unpaired) electrons. The minimum Gasteiger partial charge on any atom is -0.442 e.